The molecule has 3 aliphatic carbocycles. The minimum Gasteiger partial charge on any atom is -0.481 e. The number of rotatable bonds is 10. The number of carbonyl (C=O) groups excluding carboxylic acids is 2. The second-order valence-corrected chi connectivity index (χ2v) is 8.80. The number of allylic oxidation sites excluding steroid dienone is 2. The second kappa shape index (κ2) is 11.1. The Labute approximate surface area is 207 Å². The lowest BCUT2D eigenvalue weighted by Gasteiger charge is -2.48. The van der Waals surface area contributed by atoms with Crippen LogP contribution in [0.4, 0.5) is 0 Å². The molecule has 2 N–H and O–H groups in total. The highest BCUT2D eigenvalue weighted by molar-refractivity contribution is 5.89. The molecule has 0 unspecified atom stereocenters. The zero-order valence-corrected chi connectivity index (χ0v) is 19.3. The molecule has 2 aromatic heterocycles. The van der Waals surface area contributed by atoms with Gasteiger partial charge in [-0.3, -0.25) is 29.1 Å². The topological polar surface area (TPSA) is 153 Å². The Hall–Kier alpha value is -4.08. The SMILES string of the molecule is O=C(O)[C@@H]1[C@H]2C=C[C@@H]([C@H](C(=O)O)[C@@H]2C(=O)OCCc2ccccn2)[C@@H]1C(=O)OCCc1ccccn1. The number of carbonyl (C=O) groups is 4. The Balaban J connectivity index is 1.48. The average molecular weight is 495 g/mol. The molecule has 36 heavy (non-hydrogen) atoms. The maximum atomic E-state index is 13.0. The lowest BCUT2D eigenvalue weighted by molar-refractivity contribution is -0.182. The average Bonchev–Trinajstić information content (AvgIpc) is 2.88. The van der Waals surface area contributed by atoms with Crippen LogP contribution in [0.15, 0.2) is 60.9 Å². The number of carboxylic acids is 2. The monoisotopic (exact) mass is 494 g/mol. The van der Waals surface area contributed by atoms with Gasteiger partial charge in [-0.25, -0.2) is 0 Å². The maximum absolute atomic E-state index is 13.0. The largest absolute Gasteiger partial charge is 0.481 e. The summed E-state index contributed by atoms with van der Waals surface area (Å²) < 4.78 is 10.7. The first-order chi connectivity index (χ1) is 17.4. The fourth-order valence-corrected chi connectivity index (χ4v) is 5.18. The Kier molecular flexibility index (Phi) is 7.72. The van der Waals surface area contributed by atoms with Crippen molar-refractivity contribution < 1.29 is 38.9 Å². The number of aromatic nitrogens is 2. The molecular weight excluding hydrogens is 468 g/mol. The number of aliphatic carboxylic acids is 2. The molecular formula is C26H26N2O8. The summed E-state index contributed by atoms with van der Waals surface area (Å²) in [6.45, 7) is -0.0625. The van der Waals surface area contributed by atoms with Crippen LogP contribution in [0, 0.1) is 35.5 Å². The molecule has 0 spiro atoms. The number of fused-ring (bicyclic) bond motifs is 2. The lowest BCUT2D eigenvalue weighted by Crippen LogP contribution is -2.58. The first kappa shape index (κ1) is 25.0. The van der Waals surface area contributed by atoms with E-state index in [1.807, 2.05) is 0 Å². The molecule has 0 radical (unpaired) electrons. The van der Waals surface area contributed by atoms with E-state index < -0.39 is 59.4 Å². The predicted octanol–water partition coefficient (Wildman–Crippen LogP) is 1.80. The second-order valence-electron chi connectivity index (χ2n) is 8.80. The smallest absolute Gasteiger partial charge is 0.310 e. The molecule has 6 atom stereocenters. The van der Waals surface area contributed by atoms with Crippen molar-refractivity contribution in [2.24, 2.45) is 35.5 Å². The summed E-state index contributed by atoms with van der Waals surface area (Å²) >= 11 is 0. The first-order valence-electron chi connectivity index (χ1n) is 11.7. The van der Waals surface area contributed by atoms with E-state index in [2.05, 4.69) is 9.97 Å². The summed E-state index contributed by atoms with van der Waals surface area (Å²) in [7, 11) is 0. The third kappa shape index (κ3) is 5.27. The normalized spacial score (nSPS) is 26.2. The Morgan fingerprint density at radius 3 is 1.42 bits per heavy atom. The quantitative estimate of drug-likeness (QED) is 0.369. The van der Waals surface area contributed by atoms with E-state index in [0.29, 0.717) is 24.2 Å². The number of ether oxygens (including phenoxy) is 2. The standard InChI is InChI=1S/C26H26N2O8/c29-23(30)19-18-8-7-17(21(19)25(33)35-13-9-15-5-1-3-11-27-15)20(24(31)32)22(18)26(34)36-14-10-16-6-2-4-12-28-16/h1-8,11-12,17-22H,9-10,13-14H2,(H,29,30)(H,31,32)/t17-,18+,19+,20-,21-,22+. The van der Waals surface area contributed by atoms with Crippen LogP contribution in [-0.2, 0) is 41.5 Å². The number of carboxylic acid groups (broad SMARTS) is 2. The van der Waals surface area contributed by atoms with Gasteiger partial charge in [-0.1, -0.05) is 24.3 Å². The zero-order valence-electron chi connectivity index (χ0n) is 19.3. The van der Waals surface area contributed by atoms with E-state index in [0.717, 1.165) is 0 Å². The van der Waals surface area contributed by atoms with Gasteiger partial charge in [0.25, 0.3) is 0 Å². The maximum Gasteiger partial charge on any atom is 0.310 e. The Morgan fingerprint density at radius 2 is 1.08 bits per heavy atom. The number of nitrogens with zero attached hydrogens (tertiary/aromatic N) is 2. The summed E-state index contributed by atoms with van der Waals surface area (Å²) in [6.07, 6.45) is 6.91. The van der Waals surface area contributed by atoms with Gasteiger partial charge in [-0.05, 0) is 24.3 Å². The van der Waals surface area contributed by atoms with Crippen molar-refractivity contribution in [1.82, 2.24) is 9.97 Å². The van der Waals surface area contributed by atoms with Crippen molar-refractivity contribution in [3.63, 3.8) is 0 Å². The molecule has 2 heterocycles. The van der Waals surface area contributed by atoms with Gasteiger partial charge in [-0.2, -0.15) is 0 Å². The van der Waals surface area contributed by atoms with E-state index in [1.54, 1.807) is 48.8 Å². The molecule has 2 bridgehead atoms. The van der Waals surface area contributed by atoms with E-state index in [-0.39, 0.29) is 13.2 Å². The van der Waals surface area contributed by atoms with Crippen LogP contribution >= 0.6 is 0 Å². The lowest BCUT2D eigenvalue weighted by atomic mass is 9.53. The van der Waals surface area contributed by atoms with Gasteiger partial charge in [0.2, 0.25) is 0 Å². The zero-order chi connectivity index (χ0) is 25.7. The third-order valence-electron chi connectivity index (χ3n) is 6.76. The minimum absolute atomic E-state index is 0.0312. The minimum atomic E-state index is -1.31. The molecule has 0 aliphatic heterocycles. The van der Waals surface area contributed by atoms with Gasteiger partial charge < -0.3 is 19.7 Å². The van der Waals surface area contributed by atoms with Crippen molar-refractivity contribution in [3.05, 3.63) is 72.3 Å². The van der Waals surface area contributed by atoms with Gasteiger partial charge in [0, 0.05) is 48.5 Å². The third-order valence-corrected chi connectivity index (χ3v) is 6.76. The molecule has 1 saturated carbocycles. The fraction of sp³-hybridized carbons (Fsp3) is 0.385. The van der Waals surface area contributed by atoms with Crippen LogP contribution in [-0.4, -0.2) is 57.3 Å². The summed E-state index contributed by atoms with van der Waals surface area (Å²) in [5.74, 6) is -11.3. The van der Waals surface area contributed by atoms with Crippen molar-refractivity contribution in [2.45, 2.75) is 12.8 Å². The molecule has 0 aromatic carbocycles. The molecule has 10 heteroatoms. The van der Waals surface area contributed by atoms with Crippen molar-refractivity contribution in [2.75, 3.05) is 13.2 Å². The summed E-state index contributed by atoms with van der Waals surface area (Å²) in [5.41, 5.74) is 1.39. The molecule has 2 aromatic rings. The van der Waals surface area contributed by atoms with Gasteiger partial charge in [0.1, 0.15) is 0 Å². The fourth-order valence-electron chi connectivity index (χ4n) is 5.18. The molecule has 10 nitrogen and oxygen atoms in total. The Morgan fingerprint density at radius 1 is 0.667 bits per heavy atom. The molecule has 3 aliphatic rings. The highest BCUT2D eigenvalue weighted by Gasteiger charge is 2.61. The van der Waals surface area contributed by atoms with E-state index in [4.69, 9.17) is 9.47 Å². The van der Waals surface area contributed by atoms with E-state index in [9.17, 15) is 29.4 Å². The van der Waals surface area contributed by atoms with Crippen LogP contribution in [0.5, 0.6) is 0 Å². The van der Waals surface area contributed by atoms with E-state index >= 15 is 0 Å². The number of hydrogen-bond acceptors (Lipinski definition) is 8. The van der Waals surface area contributed by atoms with Crippen LogP contribution in [0.3, 0.4) is 0 Å². The van der Waals surface area contributed by atoms with Crippen LogP contribution in [0.25, 0.3) is 0 Å². The van der Waals surface area contributed by atoms with Gasteiger partial charge in [0.15, 0.2) is 0 Å². The highest BCUT2D eigenvalue weighted by Crippen LogP contribution is 2.52. The number of pyridine rings is 2. The number of esters is 2. The number of hydrogen-bond donors (Lipinski definition) is 2. The molecule has 188 valence electrons. The van der Waals surface area contributed by atoms with Crippen molar-refractivity contribution in [1.29, 1.82) is 0 Å². The molecule has 0 saturated heterocycles. The summed E-state index contributed by atoms with van der Waals surface area (Å²) in [5, 5.41) is 19.9. The van der Waals surface area contributed by atoms with Crippen LogP contribution in [0.1, 0.15) is 11.4 Å². The summed E-state index contributed by atoms with van der Waals surface area (Å²) in [6, 6.07) is 10.6. The van der Waals surface area contributed by atoms with Crippen LogP contribution in [0.2, 0.25) is 0 Å². The van der Waals surface area contributed by atoms with Crippen molar-refractivity contribution >= 4 is 23.9 Å². The predicted molar refractivity (Wildman–Crippen MR) is 123 cm³/mol. The summed E-state index contributed by atoms with van der Waals surface area (Å²) in [4.78, 5) is 58.8. The van der Waals surface area contributed by atoms with Crippen LogP contribution < -0.4 is 0 Å². The van der Waals surface area contributed by atoms with Gasteiger partial charge in [-0.15, -0.1) is 0 Å². The first-order valence-corrected chi connectivity index (χ1v) is 11.7. The van der Waals surface area contributed by atoms with Crippen molar-refractivity contribution in [3.8, 4) is 0 Å². The van der Waals surface area contributed by atoms with Gasteiger partial charge >= 0.3 is 23.9 Å². The molecule has 5 rings (SSSR count). The molecule has 0 amide bonds. The Bertz CT molecular complexity index is 1050. The van der Waals surface area contributed by atoms with Gasteiger partial charge in [0.05, 0.1) is 36.9 Å². The molecule has 1 fully saturated rings. The highest BCUT2D eigenvalue weighted by atomic mass is 16.5. The van der Waals surface area contributed by atoms with E-state index in [1.165, 1.54) is 12.2 Å².